The third-order valence-electron chi connectivity index (χ3n) is 2.87. The van der Waals surface area contributed by atoms with Gasteiger partial charge in [0.1, 0.15) is 5.75 Å². The molecule has 1 fully saturated rings. The average molecular weight is 221 g/mol. The van der Waals surface area contributed by atoms with Gasteiger partial charge in [-0.3, -0.25) is 4.79 Å². The number of aliphatic hydroxyl groups excluding tert-OH is 1. The number of carbonyl (C=O) groups excluding carboxylic acids is 1. The molecule has 0 radical (unpaired) electrons. The monoisotopic (exact) mass is 221 g/mol. The second-order valence-electron chi connectivity index (χ2n) is 4.12. The summed E-state index contributed by atoms with van der Waals surface area (Å²) in [5.74, 6) is 0.493. The lowest BCUT2D eigenvalue weighted by atomic mass is 10.2. The van der Waals surface area contributed by atoms with Crippen LogP contribution in [0.25, 0.3) is 0 Å². The fraction of sp³-hybridized carbons (Fsp3) is 0.417. The maximum atomic E-state index is 11.8. The Morgan fingerprint density at radius 2 is 2.31 bits per heavy atom. The van der Waals surface area contributed by atoms with Gasteiger partial charge >= 0.3 is 0 Å². The van der Waals surface area contributed by atoms with Crippen LogP contribution in [-0.2, 0) is 0 Å². The van der Waals surface area contributed by atoms with Crippen molar-refractivity contribution in [2.24, 2.45) is 0 Å². The number of carbonyl (C=O) groups is 1. The zero-order chi connectivity index (χ0) is 11.6. The molecule has 0 unspecified atom stereocenters. The lowest BCUT2D eigenvalue weighted by molar-refractivity contribution is 0.0906. The van der Waals surface area contributed by atoms with Crippen molar-refractivity contribution >= 4 is 5.91 Å². The van der Waals surface area contributed by atoms with E-state index in [0.717, 1.165) is 12.8 Å². The lowest BCUT2D eigenvalue weighted by Crippen LogP contribution is -2.39. The Kier molecular flexibility index (Phi) is 2.83. The molecule has 1 aromatic carbocycles. The van der Waals surface area contributed by atoms with E-state index in [4.69, 9.17) is 9.84 Å². The normalized spacial score (nSPS) is 16.6. The number of ether oxygens (including phenoxy) is 1. The van der Waals surface area contributed by atoms with E-state index in [-0.39, 0.29) is 18.1 Å². The first-order chi connectivity index (χ1) is 7.69. The summed E-state index contributed by atoms with van der Waals surface area (Å²) < 4.78 is 5.05. The van der Waals surface area contributed by atoms with Crippen molar-refractivity contribution in [2.75, 3.05) is 13.7 Å². The molecule has 0 heterocycles. The standard InChI is InChI=1S/C12H15NO3/c1-16-10-4-2-3-9(7-10)11(15)13-12(8-14)5-6-12/h2-4,7,14H,5-6,8H2,1H3,(H,13,15). The molecule has 1 aromatic rings. The van der Waals surface area contributed by atoms with Gasteiger partial charge in [-0.25, -0.2) is 0 Å². The summed E-state index contributed by atoms with van der Waals surface area (Å²) in [4.78, 5) is 11.8. The molecule has 2 rings (SSSR count). The summed E-state index contributed by atoms with van der Waals surface area (Å²) in [6.45, 7) is 0.00269. The fourth-order valence-electron chi connectivity index (χ4n) is 1.55. The predicted octanol–water partition coefficient (Wildman–Crippen LogP) is 0.950. The van der Waals surface area contributed by atoms with Gasteiger partial charge in [0.15, 0.2) is 0 Å². The van der Waals surface area contributed by atoms with Crippen molar-refractivity contribution in [1.82, 2.24) is 5.32 Å². The third kappa shape index (κ3) is 2.17. The highest BCUT2D eigenvalue weighted by Gasteiger charge is 2.43. The number of hydrogen-bond donors (Lipinski definition) is 2. The minimum atomic E-state index is -0.375. The van der Waals surface area contributed by atoms with E-state index >= 15 is 0 Å². The number of methoxy groups -OCH3 is 1. The molecule has 1 aliphatic carbocycles. The van der Waals surface area contributed by atoms with Crippen molar-refractivity contribution in [1.29, 1.82) is 0 Å². The number of amides is 1. The van der Waals surface area contributed by atoms with Crippen LogP contribution in [0.5, 0.6) is 5.75 Å². The molecule has 1 amide bonds. The molecule has 4 nitrogen and oxygen atoms in total. The average Bonchev–Trinajstić information content (AvgIpc) is 3.09. The van der Waals surface area contributed by atoms with Crippen molar-refractivity contribution in [3.63, 3.8) is 0 Å². The quantitative estimate of drug-likeness (QED) is 0.795. The minimum Gasteiger partial charge on any atom is -0.497 e. The molecular formula is C12H15NO3. The molecule has 0 atom stereocenters. The van der Waals surface area contributed by atoms with Gasteiger partial charge in [-0.2, -0.15) is 0 Å². The Labute approximate surface area is 94.2 Å². The number of rotatable bonds is 4. The van der Waals surface area contributed by atoms with E-state index in [2.05, 4.69) is 5.32 Å². The number of benzene rings is 1. The fourth-order valence-corrected chi connectivity index (χ4v) is 1.55. The molecule has 4 heteroatoms. The van der Waals surface area contributed by atoms with Gasteiger partial charge in [0, 0.05) is 5.56 Å². The minimum absolute atomic E-state index is 0.00269. The second kappa shape index (κ2) is 4.14. The molecular weight excluding hydrogens is 206 g/mol. The summed E-state index contributed by atoms with van der Waals surface area (Å²) >= 11 is 0. The van der Waals surface area contributed by atoms with Gasteiger partial charge in [-0.05, 0) is 31.0 Å². The number of aliphatic hydroxyl groups is 1. The van der Waals surface area contributed by atoms with E-state index in [1.807, 2.05) is 0 Å². The molecule has 0 aliphatic heterocycles. The van der Waals surface area contributed by atoms with Gasteiger partial charge in [-0.15, -0.1) is 0 Å². The van der Waals surface area contributed by atoms with Crippen molar-refractivity contribution in [2.45, 2.75) is 18.4 Å². The Hall–Kier alpha value is -1.55. The van der Waals surface area contributed by atoms with E-state index < -0.39 is 0 Å². The predicted molar refractivity (Wildman–Crippen MR) is 59.5 cm³/mol. The highest BCUT2D eigenvalue weighted by molar-refractivity contribution is 5.95. The Morgan fingerprint density at radius 1 is 1.56 bits per heavy atom. The van der Waals surface area contributed by atoms with Gasteiger partial charge < -0.3 is 15.2 Å². The Morgan fingerprint density at radius 3 is 2.88 bits per heavy atom. The van der Waals surface area contributed by atoms with Gasteiger partial charge in [0.2, 0.25) is 0 Å². The molecule has 0 saturated heterocycles. The summed E-state index contributed by atoms with van der Waals surface area (Å²) in [6.07, 6.45) is 1.69. The first kappa shape index (κ1) is 11.0. The van der Waals surface area contributed by atoms with Gasteiger partial charge in [0.05, 0.1) is 19.3 Å². The smallest absolute Gasteiger partial charge is 0.251 e. The summed E-state index contributed by atoms with van der Waals surface area (Å²) in [6, 6.07) is 6.97. The molecule has 2 N–H and O–H groups in total. The molecule has 1 aliphatic rings. The van der Waals surface area contributed by atoms with Crippen LogP contribution in [0.3, 0.4) is 0 Å². The largest absolute Gasteiger partial charge is 0.497 e. The van der Waals surface area contributed by atoms with E-state index in [1.54, 1.807) is 31.4 Å². The summed E-state index contributed by atoms with van der Waals surface area (Å²) in [5.41, 5.74) is 0.180. The first-order valence-corrected chi connectivity index (χ1v) is 5.26. The van der Waals surface area contributed by atoms with Gasteiger partial charge in [0.25, 0.3) is 5.91 Å². The van der Waals surface area contributed by atoms with E-state index in [0.29, 0.717) is 11.3 Å². The van der Waals surface area contributed by atoms with Crippen molar-refractivity contribution in [3.05, 3.63) is 29.8 Å². The Bertz CT molecular complexity index is 399. The lowest BCUT2D eigenvalue weighted by Gasteiger charge is -2.14. The molecule has 0 spiro atoms. The van der Waals surface area contributed by atoms with Crippen LogP contribution in [0.2, 0.25) is 0 Å². The van der Waals surface area contributed by atoms with E-state index in [1.165, 1.54) is 0 Å². The molecule has 16 heavy (non-hydrogen) atoms. The summed E-state index contributed by atoms with van der Waals surface area (Å²) in [5, 5.41) is 12.0. The van der Waals surface area contributed by atoms with Crippen LogP contribution < -0.4 is 10.1 Å². The van der Waals surface area contributed by atoms with Crippen LogP contribution >= 0.6 is 0 Å². The van der Waals surface area contributed by atoms with Crippen LogP contribution in [0.4, 0.5) is 0 Å². The molecule has 1 saturated carbocycles. The molecule has 86 valence electrons. The number of hydrogen-bond acceptors (Lipinski definition) is 3. The van der Waals surface area contributed by atoms with Crippen LogP contribution in [0, 0.1) is 0 Å². The second-order valence-corrected chi connectivity index (χ2v) is 4.12. The first-order valence-electron chi connectivity index (χ1n) is 5.26. The maximum Gasteiger partial charge on any atom is 0.251 e. The van der Waals surface area contributed by atoms with Crippen LogP contribution in [0.15, 0.2) is 24.3 Å². The van der Waals surface area contributed by atoms with E-state index in [9.17, 15) is 4.79 Å². The zero-order valence-corrected chi connectivity index (χ0v) is 9.19. The van der Waals surface area contributed by atoms with Crippen molar-refractivity contribution in [3.8, 4) is 5.75 Å². The highest BCUT2D eigenvalue weighted by atomic mass is 16.5. The maximum absolute atomic E-state index is 11.8. The van der Waals surface area contributed by atoms with Crippen LogP contribution in [0.1, 0.15) is 23.2 Å². The Balaban J connectivity index is 2.08. The topological polar surface area (TPSA) is 58.6 Å². The van der Waals surface area contributed by atoms with Crippen molar-refractivity contribution < 1.29 is 14.6 Å². The highest BCUT2D eigenvalue weighted by Crippen LogP contribution is 2.34. The summed E-state index contributed by atoms with van der Waals surface area (Å²) in [7, 11) is 1.56. The van der Waals surface area contributed by atoms with Gasteiger partial charge in [-0.1, -0.05) is 6.07 Å². The molecule has 0 aromatic heterocycles. The SMILES string of the molecule is COc1cccc(C(=O)NC2(CO)CC2)c1. The van der Waals surface area contributed by atoms with Crippen LogP contribution in [-0.4, -0.2) is 30.3 Å². The molecule has 0 bridgehead atoms. The third-order valence-corrected chi connectivity index (χ3v) is 2.87. The zero-order valence-electron chi connectivity index (χ0n) is 9.19. The number of nitrogens with one attached hydrogen (secondary N) is 1.